The van der Waals surface area contributed by atoms with Crippen LogP contribution in [0, 0.1) is 0 Å². The van der Waals surface area contributed by atoms with Crippen molar-refractivity contribution in [3.63, 3.8) is 0 Å². The van der Waals surface area contributed by atoms with Crippen LogP contribution in [0.2, 0.25) is 0 Å². The number of likely N-dealkylation sites (N-methyl/N-ethyl adjacent to an activating group) is 1. The number of phenolic OH excluding ortho intramolecular Hbond substituents is 1. The molecule has 10 nitrogen and oxygen atoms in total. The number of carbonyl (C=O) groups is 4. The Labute approximate surface area is 247 Å². The highest BCUT2D eigenvalue weighted by atomic mass is 32.1. The van der Waals surface area contributed by atoms with Crippen LogP contribution in [0.3, 0.4) is 0 Å². The molecule has 41 heavy (non-hydrogen) atoms. The molecule has 0 aliphatic heterocycles. The summed E-state index contributed by atoms with van der Waals surface area (Å²) in [6, 6.07) is 11.5. The van der Waals surface area contributed by atoms with E-state index in [2.05, 4.69) is 23.3 Å². The van der Waals surface area contributed by atoms with E-state index in [-0.39, 0.29) is 17.9 Å². The average molecular weight is 588 g/mol. The van der Waals surface area contributed by atoms with E-state index < -0.39 is 53.2 Å². The lowest BCUT2D eigenvalue weighted by atomic mass is 10.0. The van der Waals surface area contributed by atoms with E-state index >= 15 is 0 Å². The number of phenols is 1. The van der Waals surface area contributed by atoms with Gasteiger partial charge in [-0.2, -0.15) is 12.6 Å². The fraction of sp³-hybridized carbons (Fsp3) is 0.467. The Morgan fingerprint density at radius 2 is 1.41 bits per heavy atom. The number of rotatable bonds is 10. The number of benzene rings is 2. The van der Waals surface area contributed by atoms with E-state index in [1.807, 2.05) is 30.3 Å². The lowest BCUT2D eigenvalue weighted by Crippen LogP contribution is -2.54. The third-order valence-electron chi connectivity index (χ3n) is 5.65. The number of hydrogen-bond acceptors (Lipinski definition) is 8. The summed E-state index contributed by atoms with van der Waals surface area (Å²) < 4.78 is 10.9. The Kier molecular flexibility index (Phi) is 11.6. The summed E-state index contributed by atoms with van der Waals surface area (Å²) in [6.07, 6.45) is -0.655. The molecular formula is C30H41N3O7S. The molecule has 0 bridgehead atoms. The van der Waals surface area contributed by atoms with Crippen molar-refractivity contribution in [1.29, 1.82) is 0 Å². The predicted octanol–water partition coefficient (Wildman–Crippen LogP) is 3.78. The standard InChI is InChI=1S/C30H41N3O7S/c1-29(2,3)39-27(37)22(17-19-11-9-8-10-12-19)31-25(35)24(20-13-15-21(34)16-14-20)33(7)26(36)23(18-41)32-28(38)40-30(4,5)6/h8-16,22-24,34,41H,17-18H2,1-7H3,(H,31,35)(H,32,38). The van der Waals surface area contributed by atoms with Gasteiger partial charge in [0.15, 0.2) is 0 Å². The maximum Gasteiger partial charge on any atom is 0.408 e. The first-order valence-corrected chi connectivity index (χ1v) is 13.9. The van der Waals surface area contributed by atoms with Crippen molar-refractivity contribution in [2.75, 3.05) is 12.8 Å². The zero-order valence-corrected chi connectivity index (χ0v) is 25.5. The van der Waals surface area contributed by atoms with E-state index in [1.54, 1.807) is 41.5 Å². The summed E-state index contributed by atoms with van der Waals surface area (Å²) in [4.78, 5) is 54.1. The Hall–Kier alpha value is -3.73. The van der Waals surface area contributed by atoms with Crippen molar-refractivity contribution in [3.8, 4) is 5.75 Å². The van der Waals surface area contributed by atoms with E-state index in [9.17, 15) is 24.3 Å². The van der Waals surface area contributed by atoms with Gasteiger partial charge in [-0.15, -0.1) is 0 Å². The molecular weight excluding hydrogens is 546 g/mol. The van der Waals surface area contributed by atoms with Crippen molar-refractivity contribution in [1.82, 2.24) is 15.5 Å². The lowest BCUT2D eigenvalue weighted by molar-refractivity contribution is -0.159. The number of aromatic hydroxyl groups is 1. The van der Waals surface area contributed by atoms with Crippen LogP contribution in [0.5, 0.6) is 5.75 Å². The third-order valence-corrected chi connectivity index (χ3v) is 6.02. The molecule has 11 heteroatoms. The molecule has 0 spiro atoms. The molecule has 0 fully saturated rings. The molecule has 3 unspecified atom stereocenters. The molecule has 0 saturated carbocycles. The number of nitrogens with one attached hydrogen (secondary N) is 2. The first-order chi connectivity index (χ1) is 19.0. The molecule has 0 radical (unpaired) electrons. The molecule has 0 heterocycles. The lowest BCUT2D eigenvalue weighted by Gasteiger charge is -2.32. The average Bonchev–Trinajstić information content (AvgIpc) is 2.86. The number of hydrogen-bond donors (Lipinski definition) is 4. The van der Waals surface area contributed by atoms with Gasteiger partial charge in [-0.3, -0.25) is 9.59 Å². The zero-order valence-electron chi connectivity index (χ0n) is 24.6. The number of carbonyl (C=O) groups excluding carboxylic acids is 4. The number of esters is 1. The van der Waals surface area contributed by atoms with Crippen LogP contribution >= 0.6 is 12.6 Å². The first-order valence-electron chi connectivity index (χ1n) is 13.2. The van der Waals surface area contributed by atoms with Gasteiger partial charge in [-0.1, -0.05) is 42.5 Å². The van der Waals surface area contributed by atoms with Crippen molar-refractivity contribution >= 4 is 36.5 Å². The van der Waals surface area contributed by atoms with Gasteiger partial charge in [0, 0.05) is 19.2 Å². The molecule has 2 aromatic carbocycles. The van der Waals surface area contributed by atoms with Crippen molar-refractivity contribution < 1.29 is 33.8 Å². The summed E-state index contributed by atoms with van der Waals surface area (Å²) in [6.45, 7) is 10.3. The van der Waals surface area contributed by atoms with Gasteiger partial charge in [0.05, 0.1) is 0 Å². The predicted molar refractivity (Wildman–Crippen MR) is 159 cm³/mol. The number of alkyl carbamates (subject to hydrolysis) is 1. The molecule has 224 valence electrons. The summed E-state index contributed by atoms with van der Waals surface area (Å²) in [5, 5.41) is 15.1. The smallest absolute Gasteiger partial charge is 0.408 e. The fourth-order valence-electron chi connectivity index (χ4n) is 3.88. The summed E-state index contributed by atoms with van der Waals surface area (Å²) in [5.41, 5.74) is -0.420. The Morgan fingerprint density at radius 3 is 1.93 bits per heavy atom. The topological polar surface area (TPSA) is 134 Å². The fourth-order valence-corrected chi connectivity index (χ4v) is 4.13. The second kappa shape index (κ2) is 14.2. The summed E-state index contributed by atoms with van der Waals surface area (Å²) in [7, 11) is 1.41. The highest BCUT2D eigenvalue weighted by molar-refractivity contribution is 7.80. The van der Waals surface area contributed by atoms with Gasteiger partial charge in [0.25, 0.3) is 0 Å². The SMILES string of the molecule is CN(C(=O)C(CS)NC(=O)OC(C)(C)C)C(C(=O)NC(Cc1ccccc1)C(=O)OC(C)(C)C)c1ccc(O)cc1. The molecule has 0 aliphatic rings. The van der Waals surface area contributed by atoms with Crippen molar-refractivity contribution in [2.24, 2.45) is 0 Å². The quantitative estimate of drug-likeness (QED) is 0.246. The normalized spacial score (nSPS) is 13.8. The number of thiol groups is 1. The Balaban J connectivity index is 2.40. The molecule has 0 aliphatic carbocycles. The van der Waals surface area contributed by atoms with Crippen LogP contribution < -0.4 is 10.6 Å². The molecule has 2 aromatic rings. The second-order valence-corrected chi connectivity index (χ2v) is 12.0. The van der Waals surface area contributed by atoms with Gasteiger partial charge in [-0.05, 0) is 64.8 Å². The summed E-state index contributed by atoms with van der Waals surface area (Å²) in [5.74, 6) is -2.00. The third kappa shape index (κ3) is 11.0. The van der Waals surface area contributed by atoms with Crippen molar-refractivity contribution in [3.05, 3.63) is 65.7 Å². The maximum absolute atomic E-state index is 13.9. The Morgan fingerprint density at radius 1 is 0.854 bits per heavy atom. The van der Waals surface area contributed by atoms with Gasteiger partial charge in [0.2, 0.25) is 11.8 Å². The van der Waals surface area contributed by atoms with Crippen LogP contribution in [0.1, 0.15) is 58.7 Å². The largest absolute Gasteiger partial charge is 0.508 e. The van der Waals surface area contributed by atoms with Crippen LogP contribution in [0.15, 0.2) is 54.6 Å². The van der Waals surface area contributed by atoms with Crippen LogP contribution in [-0.2, 0) is 30.3 Å². The summed E-state index contributed by atoms with van der Waals surface area (Å²) >= 11 is 4.22. The minimum Gasteiger partial charge on any atom is -0.508 e. The molecule has 2 rings (SSSR count). The number of nitrogens with zero attached hydrogens (tertiary/aromatic N) is 1. The minimum atomic E-state index is -1.23. The molecule has 0 aromatic heterocycles. The zero-order chi connectivity index (χ0) is 31.0. The van der Waals surface area contributed by atoms with E-state index in [0.717, 1.165) is 10.5 Å². The van der Waals surface area contributed by atoms with E-state index in [0.29, 0.717) is 5.56 Å². The van der Waals surface area contributed by atoms with Crippen molar-refractivity contribution in [2.45, 2.75) is 77.3 Å². The van der Waals surface area contributed by atoms with Gasteiger partial charge < -0.3 is 30.1 Å². The molecule has 3 N–H and O–H groups in total. The van der Waals surface area contributed by atoms with Gasteiger partial charge in [0.1, 0.15) is 35.1 Å². The maximum atomic E-state index is 13.9. The van der Waals surface area contributed by atoms with Crippen LogP contribution in [0.25, 0.3) is 0 Å². The Bertz CT molecular complexity index is 1190. The number of amides is 3. The van der Waals surface area contributed by atoms with E-state index in [4.69, 9.17) is 9.47 Å². The molecule has 3 atom stereocenters. The molecule has 3 amide bonds. The number of ether oxygens (including phenoxy) is 2. The first kappa shape index (κ1) is 33.5. The van der Waals surface area contributed by atoms with Gasteiger partial charge in [-0.25, -0.2) is 9.59 Å². The highest BCUT2D eigenvalue weighted by Gasteiger charge is 2.36. The van der Waals surface area contributed by atoms with E-state index in [1.165, 1.54) is 31.3 Å². The monoisotopic (exact) mass is 587 g/mol. The van der Waals surface area contributed by atoms with Crippen LogP contribution in [0.4, 0.5) is 4.79 Å². The van der Waals surface area contributed by atoms with Gasteiger partial charge >= 0.3 is 12.1 Å². The second-order valence-electron chi connectivity index (χ2n) is 11.6. The van der Waals surface area contributed by atoms with Crippen LogP contribution in [-0.4, -0.2) is 70.0 Å². The minimum absolute atomic E-state index is 0.0302. The highest BCUT2D eigenvalue weighted by Crippen LogP contribution is 2.24. The molecule has 0 saturated heterocycles.